The van der Waals surface area contributed by atoms with E-state index < -0.39 is 17.6 Å². The molecule has 0 spiro atoms. The Morgan fingerprint density at radius 1 is 0.882 bits per heavy atom. The number of hydrogen-bond donors (Lipinski definition) is 2. The first kappa shape index (κ1) is 24.1. The van der Waals surface area contributed by atoms with Crippen molar-refractivity contribution < 1.29 is 24.5 Å². The van der Waals surface area contributed by atoms with Crippen molar-refractivity contribution in [2.24, 2.45) is 0 Å². The fourth-order valence-electron chi connectivity index (χ4n) is 4.45. The maximum absolute atomic E-state index is 13.3. The molecule has 0 amide bonds. The molecule has 0 heterocycles. The molecular weight excluding hydrogens is 477 g/mol. The topological polar surface area (TPSA) is 87.1 Å². The summed E-state index contributed by atoms with van der Waals surface area (Å²) in [6.45, 7) is 0.857. The van der Waals surface area contributed by atoms with Crippen LogP contribution < -0.4 is 4.74 Å². The zero-order valence-electron chi connectivity index (χ0n) is 18.4. The van der Waals surface area contributed by atoms with Gasteiger partial charge in [-0.2, -0.15) is 0 Å². The summed E-state index contributed by atoms with van der Waals surface area (Å²) in [4.78, 5) is 28.4. The molecule has 3 aromatic rings. The number of benzene rings is 3. The third-order valence-electron chi connectivity index (χ3n) is 6.01. The Labute approximate surface area is 207 Å². The lowest BCUT2D eigenvalue weighted by atomic mass is 9.80. The van der Waals surface area contributed by atoms with Crippen molar-refractivity contribution in [2.75, 3.05) is 32.0 Å². The van der Waals surface area contributed by atoms with Gasteiger partial charge in [0.25, 0.3) is 0 Å². The largest absolute Gasteiger partial charge is 0.507 e. The van der Waals surface area contributed by atoms with Crippen molar-refractivity contribution in [1.29, 1.82) is 0 Å². The molecule has 176 valence electrons. The number of methoxy groups -OCH3 is 1. The van der Waals surface area contributed by atoms with E-state index in [0.717, 1.165) is 5.56 Å². The van der Waals surface area contributed by atoms with Gasteiger partial charge in [-0.05, 0) is 23.8 Å². The van der Waals surface area contributed by atoms with Gasteiger partial charge in [0.2, 0.25) is 0 Å². The number of ketones is 2. The van der Waals surface area contributed by atoms with Gasteiger partial charge >= 0.3 is 0 Å². The van der Waals surface area contributed by atoms with E-state index in [9.17, 15) is 19.8 Å². The second-order valence-corrected chi connectivity index (χ2v) is 8.63. The van der Waals surface area contributed by atoms with Gasteiger partial charge < -0.3 is 14.9 Å². The molecule has 1 atom stereocenters. The number of halogens is 2. The van der Waals surface area contributed by atoms with Gasteiger partial charge in [-0.3, -0.25) is 14.5 Å². The van der Waals surface area contributed by atoms with Crippen molar-refractivity contribution in [2.45, 2.75) is 6.04 Å². The van der Waals surface area contributed by atoms with E-state index >= 15 is 0 Å². The third-order valence-corrected chi connectivity index (χ3v) is 6.35. The summed E-state index contributed by atoms with van der Waals surface area (Å²) in [6, 6.07) is 14.3. The highest BCUT2D eigenvalue weighted by Gasteiger charge is 2.37. The molecule has 34 heavy (non-hydrogen) atoms. The number of fused-ring (bicyclic) bond motifs is 2. The van der Waals surface area contributed by atoms with Gasteiger partial charge in [0.1, 0.15) is 17.2 Å². The maximum atomic E-state index is 13.3. The van der Waals surface area contributed by atoms with E-state index in [2.05, 4.69) is 0 Å². The van der Waals surface area contributed by atoms with Gasteiger partial charge in [0.05, 0.1) is 24.3 Å². The summed E-state index contributed by atoms with van der Waals surface area (Å²) in [5, 5.41) is 22.3. The van der Waals surface area contributed by atoms with Crippen LogP contribution in [0.25, 0.3) is 0 Å². The molecular formula is C26H23Cl2NO5. The summed E-state index contributed by atoms with van der Waals surface area (Å²) < 4.78 is 5.26. The summed E-state index contributed by atoms with van der Waals surface area (Å²) in [5.74, 6) is -0.503. The number of hydrogen-bond acceptors (Lipinski definition) is 6. The zero-order chi connectivity index (χ0) is 24.4. The van der Waals surface area contributed by atoms with Crippen LogP contribution in [0.4, 0.5) is 0 Å². The van der Waals surface area contributed by atoms with E-state index in [0.29, 0.717) is 30.6 Å². The highest BCUT2D eigenvalue weighted by Crippen LogP contribution is 2.44. The van der Waals surface area contributed by atoms with E-state index in [1.165, 1.54) is 18.2 Å². The number of phenolic OH excluding ortho intramolecular Hbond substituents is 2. The summed E-state index contributed by atoms with van der Waals surface area (Å²) in [5.41, 5.74) is 1.03. The molecule has 1 aliphatic rings. The summed E-state index contributed by atoms with van der Waals surface area (Å²) >= 11 is 12.1. The summed E-state index contributed by atoms with van der Waals surface area (Å²) in [7, 11) is 1.56. The van der Waals surface area contributed by atoms with Crippen LogP contribution in [0, 0.1) is 0 Å². The number of carbonyl (C=O) groups is 2. The second-order valence-electron chi connectivity index (χ2n) is 7.88. The fraction of sp³-hybridized carbons (Fsp3) is 0.231. The lowest BCUT2D eigenvalue weighted by Crippen LogP contribution is -2.33. The minimum atomic E-state index is -0.598. The Morgan fingerprint density at radius 2 is 1.44 bits per heavy atom. The van der Waals surface area contributed by atoms with Crippen molar-refractivity contribution in [1.82, 2.24) is 4.90 Å². The first-order chi connectivity index (χ1) is 16.4. The van der Waals surface area contributed by atoms with Crippen LogP contribution in [0.1, 0.15) is 49.0 Å². The number of aromatic hydroxyl groups is 2. The number of rotatable bonds is 8. The molecule has 3 aromatic carbocycles. The molecule has 4 rings (SSSR count). The molecule has 0 radical (unpaired) electrons. The predicted molar refractivity (Wildman–Crippen MR) is 131 cm³/mol. The van der Waals surface area contributed by atoms with Crippen LogP contribution >= 0.6 is 23.2 Å². The molecule has 0 fully saturated rings. The smallest absolute Gasteiger partial charge is 0.198 e. The molecule has 0 saturated carbocycles. The van der Waals surface area contributed by atoms with Crippen LogP contribution in [0.5, 0.6) is 17.2 Å². The average molecular weight is 500 g/mol. The summed E-state index contributed by atoms with van der Waals surface area (Å²) in [6.07, 6.45) is 0. The highest BCUT2D eigenvalue weighted by atomic mass is 35.5. The van der Waals surface area contributed by atoms with Crippen LogP contribution in [-0.2, 0) is 0 Å². The molecule has 0 aliphatic heterocycles. The number of phenols is 2. The monoisotopic (exact) mass is 499 g/mol. The molecule has 8 heteroatoms. The second kappa shape index (κ2) is 10.1. The fourth-order valence-corrected chi connectivity index (χ4v) is 4.88. The number of nitrogens with zero attached hydrogens (tertiary/aromatic N) is 1. The molecule has 6 nitrogen and oxygen atoms in total. The van der Waals surface area contributed by atoms with Crippen LogP contribution in [0.15, 0.2) is 54.6 Å². The van der Waals surface area contributed by atoms with Gasteiger partial charge in [0.15, 0.2) is 11.6 Å². The number of ether oxygens (including phenoxy) is 1. The molecule has 0 aromatic heterocycles. The minimum absolute atomic E-state index is 0.186. The van der Waals surface area contributed by atoms with Crippen LogP contribution in [0.3, 0.4) is 0 Å². The van der Waals surface area contributed by atoms with Gasteiger partial charge in [-0.25, -0.2) is 0 Å². The van der Waals surface area contributed by atoms with Crippen molar-refractivity contribution >= 4 is 34.8 Å². The Hall–Kier alpha value is -3.06. The molecule has 1 unspecified atom stereocenters. The normalized spacial score (nSPS) is 13.5. The molecule has 0 bridgehead atoms. The Kier molecular flexibility index (Phi) is 7.12. The molecule has 2 N–H and O–H groups in total. The maximum Gasteiger partial charge on any atom is 0.198 e. The molecule has 1 aliphatic carbocycles. The van der Waals surface area contributed by atoms with Crippen LogP contribution in [-0.4, -0.2) is 58.6 Å². The molecule has 0 saturated heterocycles. The quantitative estimate of drug-likeness (QED) is 0.268. The number of alkyl halides is 2. The number of carbonyl (C=O) groups excluding carboxylic acids is 2. The van der Waals surface area contributed by atoms with E-state index in [-0.39, 0.29) is 39.3 Å². The average Bonchev–Trinajstić information content (AvgIpc) is 2.85. The zero-order valence-corrected chi connectivity index (χ0v) is 19.9. The van der Waals surface area contributed by atoms with Gasteiger partial charge in [-0.1, -0.05) is 36.4 Å². The standard InChI is InChI=1S/C26H23Cl2NO5/c1-34-16-8-6-15(7-9-16)23(29(12-10-27)13-11-28)19-14-20(30)21-22(26(19)33)25(32)18-5-3-2-4-17(18)24(21)31/h2-9,14,23,30,33H,10-13H2,1H3. The van der Waals surface area contributed by atoms with Crippen LogP contribution in [0.2, 0.25) is 0 Å². The third kappa shape index (κ3) is 4.13. The van der Waals surface area contributed by atoms with Crippen molar-refractivity contribution in [3.05, 3.63) is 88.0 Å². The first-order valence-electron chi connectivity index (χ1n) is 10.7. The lowest BCUT2D eigenvalue weighted by molar-refractivity contribution is 0.0973. The van der Waals surface area contributed by atoms with Gasteiger partial charge in [0, 0.05) is 41.5 Å². The van der Waals surface area contributed by atoms with Gasteiger partial charge in [-0.15, -0.1) is 23.2 Å². The van der Waals surface area contributed by atoms with Crippen molar-refractivity contribution in [3.63, 3.8) is 0 Å². The highest BCUT2D eigenvalue weighted by molar-refractivity contribution is 6.30. The Balaban J connectivity index is 1.94. The van der Waals surface area contributed by atoms with E-state index in [1.807, 2.05) is 17.0 Å². The Morgan fingerprint density at radius 3 is 1.97 bits per heavy atom. The van der Waals surface area contributed by atoms with E-state index in [1.54, 1.807) is 31.4 Å². The minimum Gasteiger partial charge on any atom is -0.507 e. The van der Waals surface area contributed by atoms with Crippen molar-refractivity contribution in [3.8, 4) is 17.2 Å². The predicted octanol–water partition coefficient (Wildman–Crippen LogP) is 4.75. The Bertz CT molecular complexity index is 1240. The first-order valence-corrected chi connectivity index (χ1v) is 11.8. The lowest BCUT2D eigenvalue weighted by Gasteiger charge is -2.33. The SMILES string of the molecule is COc1ccc(C(c2cc(O)c3c(c2O)C(=O)c2ccccc2C3=O)N(CCCl)CCCl)cc1. The van der Waals surface area contributed by atoms with E-state index in [4.69, 9.17) is 27.9 Å².